The van der Waals surface area contributed by atoms with Crippen molar-refractivity contribution in [1.29, 1.82) is 0 Å². The second-order valence-electron chi connectivity index (χ2n) is 11.2. The molecule has 0 N–H and O–H groups in total. The lowest BCUT2D eigenvalue weighted by molar-refractivity contribution is 0.489. The number of ether oxygens (including phenoxy) is 1. The fourth-order valence-electron chi connectivity index (χ4n) is 6.36. The lowest BCUT2D eigenvalue weighted by Crippen LogP contribution is -2.02. The topological polar surface area (TPSA) is 47.9 Å². The zero-order valence-corrected chi connectivity index (χ0v) is 24.2. The number of aromatic nitrogens is 3. The summed E-state index contributed by atoms with van der Waals surface area (Å²) >= 11 is 0. The van der Waals surface area contributed by atoms with E-state index in [-0.39, 0.29) is 0 Å². The van der Waals surface area contributed by atoms with E-state index in [0.29, 0.717) is 17.5 Å². The van der Waals surface area contributed by atoms with Crippen molar-refractivity contribution >= 4 is 21.5 Å². The van der Waals surface area contributed by atoms with Crippen LogP contribution in [0, 0.1) is 0 Å². The van der Waals surface area contributed by atoms with Crippen LogP contribution in [0.3, 0.4) is 0 Å². The molecule has 1 aliphatic heterocycles. The van der Waals surface area contributed by atoms with Crippen LogP contribution in [-0.4, -0.2) is 15.0 Å². The molecule has 0 saturated carbocycles. The molecule has 0 fully saturated rings. The van der Waals surface area contributed by atoms with E-state index >= 15 is 0 Å². The maximum Gasteiger partial charge on any atom is 0.164 e. The molecule has 4 heteroatoms. The Labute approximate surface area is 260 Å². The van der Waals surface area contributed by atoms with Crippen molar-refractivity contribution in [3.63, 3.8) is 0 Å². The fourth-order valence-corrected chi connectivity index (χ4v) is 6.36. The van der Waals surface area contributed by atoms with Gasteiger partial charge in [0.25, 0.3) is 0 Å². The summed E-state index contributed by atoms with van der Waals surface area (Å²) in [7, 11) is 0. The number of benzene rings is 7. The van der Waals surface area contributed by atoms with Gasteiger partial charge in [0.1, 0.15) is 11.5 Å². The predicted molar refractivity (Wildman–Crippen MR) is 182 cm³/mol. The second kappa shape index (κ2) is 10.2. The molecule has 0 unspecified atom stereocenters. The highest BCUT2D eigenvalue weighted by Gasteiger charge is 2.25. The highest BCUT2D eigenvalue weighted by Crippen LogP contribution is 2.51. The Kier molecular flexibility index (Phi) is 5.78. The van der Waals surface area contributed by atoms with Gasteiger partial charge in [0.2, 0.25) is 0 Å². The molecule has 1 aromatic heterocycles. The van der Waals surface area contributed by atoms with E-state index in [1.165, 1.54) is 10.8 Å². The Bertz CT molecular complexity index is 2340. The molecule has 4 nitrogen and oxygen atoms in total. The molecular weight excluding hydrogens is 550 g/mol. The van der Waals surface area contributed by atoms with Crippen LogP contribution in [0.1, 0.15) is 0 Å². The second-order valence-corrected chi connectivity index (χ2v) is 11.2. The fraction of sp³-hybridized carbons (Fsp3) is 0. The number of para-hydroxylation sites is 1. The molecule has 7 aromatic carbocycles. The quantitative estimate of drug-likeness (QED) is 0.209. The molecule has 9 rings (SSSR count). The highest BCUT2D eigenvalue weighted by molar-refractivity contribution is 6.10. The van der Waals surface area contributed by atoms with Gasteiger partial charge in [-0.2, -0.15) is 0 Å². The minimum absolute atomic E-state index is 0.627. The summed E-state index contributed by atoms with van der Waals surface area (Å²) in [6.07, 6.45) is 0. The maximum absolute atomic E-state index is 6.77. The molecule has 8 aromatic rings. The Morgan fingerprint density at radius 1 is 0.378 bits per heavy atom. The molecule has 1 aliphatic rings. The third kappa shape index (κ3) is 4.27. The molecule has 0 spiro atoms. The normalized spacial score (nSPS) is 11.7. The van der Waals surface area contributed by atoms with Crippen molar-refractivity contribution in [3.8, 4) is 67.9 Å². The van der Waals surface area contributed by atoms with E-state index in [4.69, 9.17) is 19.7 Å². The third-order valence-corrected chi connectivity index (χ3v) is 8.52. The van der Waals surface area contributed by atoms with Crippen LogP contribution >= 0.6 is 0 Å². The van der Waals surface area contributed by atoms with Gasteiger partial charge in [0, 0.05) is 33.2 Å². The Balaban J connectivity index is 1.23. The van der Waals surface area contributed by atoms with Gasteiger partial charge in [-0.1, -0.05) is 133 Å². The molecular formula is C41H25N3O. The Morgan fingerprint density at radius 2 is 1.00 bits per heavy atom. The molecule has 0 atom stereocenters. The Morgan fingerprint density at radius 3 is 1.76 bits per heavy atom. The van der Waals surface area contributed by atoms with Crippen LogP contribution in [-0.2, 0) is 0 Å². The molecule has 45 heavy (non-hydrogen) atoms. The van der Waals surface area contributed by atoms with Crippen LogP contribution < -0.4 is 4.74 Å². The van der Waals surface area contributed by atoms with Gasteiger partial charge < -0.3 is 4.74 Å². The van der Waals surface area contributed by atoms with Gasteiger partial charge in [0.15, 0.2) is 17.5 Å². The number of fused-ring (bicyclic) bond motifs is 3. The van der Waals surface area contributed by atoms with E-state index in [9.17, 15) is 0 Å². The third-order valence-electron chi connectivity index (χ3n) is 8.52. The van der Waals surface area contributed by atoms with E-state index < -0.39 is 0 Å². The summed E-state index contributed by atoms with van der Waals surface area (Å²) in [4.78, 5) is 14.9. The number of rotatable bonds is 4. The van der Waals surface area contributed by atoms with Crippen LogP contribution in [0.2, 0.25) is 0 Å². The van der Waals surface area contributed by atoms with Crippen molar-refractivity contribution in [2.24, 2.45) is 0 Å². The molecule has 0 amide bonds. The van der Waals surface area contributed by atoms with Crippen molar-refractivity contribution in [2.75, 3.05) is 0 Å². The zero-order chi connectivity index (χ0) is 29.7. The van der Waals surface area contributed by atoms with Crippen LogP contribution in [0.15, 0.2) is 152 Å². The molecule has 0 aliphatic carbocycles. The van der Waals surface area contributed by atoms with Crippen molar-refractivity contribution < 1.29 is 4.74 Å². The Hall–Kier alpha value is -6.13. The molecule has 0 radical (unpaired) electrons. The minimum Gasteiger partial charge on any atom is -0.455 e. The summed E-state index contributed by atoms with van der Waals surface area (Å²) in [5.41, 5.74) is 7.23. The summed E-state index contributed by atoms with van der Waals surface area (Å²) in [6, 6.07) is 52.1. The summed E-state index contributed by atoms with van der Waals surface area (Å²) < 4.78 is 6.77. The van der Waals surface area contributed by atoms with Crippen molar-refractivity contribution in [3.05, 3.63) is 152 Å². The summed E-state index contributed by atoms with van der Waals surface area (Å²) in [6.45, 7) is 0. The first-order chi connectivity index (χ1) is 22.3. The average molecular weight is 576 g/mol. The van der Waals surface area contributed by atoms with Crippen molar-refractivity contribution in [2.45, 2.75) is 0 Å². The van der Waals surface area contributed by atoms with Crippen molar-refractivity contribution in [1.82, 2.24) is 15.0 Å². The highest BCUT2D eigenvalue weighted by atomic mass is 16.5. The maximum atomic E-state index is 6.77. The number of hydrogen-bond donors (Lipinski definition) is 0. The summed E-state index contributed by atoms with van der Waals surface area (Å²) in [5, 5.41) is 4.52. The first kappa shape index (κ1) is 25.4. The predicted octanol–water partition coefficient (Wildman–Crippen LogP) is 10.6. The van der Waals surface area contributed by atoms with Crippen LogP contribution in [0.5, 0.6) is 11.5 Å². The standard InChI is InChI=1S/C41H25N3O/c1-3-12-27(13-4-1)39-42-40(28-14-5-2-6-15-28)44-41(43-39)35-23-24-36-37-32(18-10-19-33(35)37)34-20-9-17-31(38(34)45-36)30-22-21-26-11-7-8-16-29(26)25-30/h1-25H. The summed E-state index contributed by atoms with van der Waals surface area (Å²) in [5.74, 6) is 3.61. The molecule has 2 heterocycles. The van der Waals surface area contributed by atoms with Gasteiger partial charge in [-0.3, -0.25) is 0 Å². The van der Waals surface area contributed by atoms with Crippen LogP contribution in [0.25, 0.3) is 78.0 Å². The van der Waals surface area contributed by atoms with Gasteiger partial charge in [0.05, 0.1) is 0 Å². The lowest BCUT2D eigenvalue weighted by Gasteiger charge is -2.24. The molecule has 210 valence electrons. The molecule has 0 bridgehead atoms. The van der Waals surface area contributed by atoms with Crippen LogP contribution in [0.4, 0.5) is 0 Å². The van der Waals surface area contributed by atoms with E-state index in [2.05, 4.69) is 91.0 Å². The lowest BCUT2D eigenvalue weighted by atomic mass is 9.89. The number of nitrogens with zero attached hydrogens (tertiary/aromatic N) is 3. The minimum atomic E-state index is 0.627. The monoisotopic (exact) mass is 575 g/mol. The SMILES string of the molecule is c1ccc(-c2nc(-c3ccccc3)nc(-c3ccc4c5c(cccc35)-c3cccc(-c5ccc6ccccc6c5)c3O4)n2)cc1. The smallest absolute Gasteiger partial charge is 0.164 e. The molecule has 0 saturated heterocycles. The largest absolute Gasteiger partial charge is 0.455 e. The van der Waals surface area contributed by atoms with Gasteiger partial charge in [-0.05, 0) is 45.5 Å². The number of hydrogen-bond acceptors (Lipinski definition) is 4. The van der Waals surface area contributed by atoms with E-state index in [1.54, 1.807) is 0 Å². The van der Waals surface area contributed by atoms with E-state index in [0.717, 1.165) is 61.2 Å². The van der Waals surface area contributed by atoms with E-state index in [1.807, 2.05) is 60.7 Å². The zero-order valence-electron chi connectivity index (χ0n) is 24.2. The van der Waals surface area contributed by atoms with Gasteiger partial charge in [-0.15, -0.1) is 0 Å². The van der Waals surface area contributed by atoms with Gasteiger partial charge in [-0.25, -0.2) is 15.0 Å². The average Bonchev–Trinajstić information content (AvgIpc) is 3.12. The first-order valence-corrected chi connectivity index (χ1v) is 15.0. The van der Waals surface area contributed by atoms with Gasteiger partial charge >= 0.3 is 0 Å². The first-order valence-electron chi connectivity index (χ1n) is 15.0.